The number of pyridine rings is 2. The number of ether oxygens (including phenoxy) is 1. The summed E-state index contributed by atoms with van der Waals surface area (Å²) in [6.45, 7) is 9.74. The normalized spacial score (nSPS) is 15.3. The van der Waals surface area contributed by atoms with Gasteiger partial charge in [0.2, 0.25) is 5.88 Å². The fraction of sp³-hybridized carbons (Fsp3) is 0.360. The Morgan fingerprint density at radius 3 is 2.40 bits per heavy atom. The average molecular weight is 516 g/mol. The van der Waals surface area contributed by atoms with Crippen LogP contribution in [0.2, 0.25) is 5.02 Å². The summed E-state index contributed by atoms with van der Waals surface area (Å²) in [5.41, 5.74) is 3.33. The van der Waals surface area contributed by atoms with Crippen LogP contribution in [0.1, 0.15) is 19.4 Å². The lowest BCUT2D eigenvalue weighted by Gasteiger charge is -2.36. The quantitative estimate of drug-likeness (QED) is 0.482. The van der Waals surface area contributed by atoms with Gasteiger partial charge in [-0.15, -0.1) is 0 Å². The summed E-state index contributed by atoms with van der Waals surface area (Å²) in [6, 6.07) is 11.9. The topological polar surface area (TPSA) is 87.7 Å². The van der Waals surface area contributed by atoms with Gasteiger partial charge in [0.05, 0.1) is 24.0 Å². The lowest BCUT2D eigenvalue weighted by atomic mass is 10.0. The number of sulfonamides is 1. The van der Waals surface area contributed by atoms with Crippen LogP contribution in [0.25, 0.3) is 11.1 Å². The number of rotatable bonds is 8. The molecule has 3 heterocycles. The van der Waals surface area contributed by atoms with Crippen LogP contribution < -0.4 is 9.46 Å². The Bertz CT molecular complexity index is 1260. The summed E-state index contributed by atoms with van der Waals surface area (Å²) in [6.07, 6.45) is 4.49. The minimum absolute atomic E-state index is 0.0350. The molecule has 0 aliphatic carbocycles. The maximum atomic E-state index is 12.9. The zero-order valence-corrected chi connectivity index (χ0v) is 21.7. The molecule has 4 rings (SSSR count). The summed E-state index contributed by atoms with van der Waals surface area (Å²) in [5, 5.41) is 0.194. The first-order chi connectivity index (χ1) is 16.7. The second kappa shape index (κ2) is 10.9. The maximum Gasteiger partial charge on any atom is 0.267 e. The van der Waals surface area contributed by atoms with Gasteiger partial charge in [0, 0.05) is 56.7 Å². The number of methoxy groups -OCH3 is 1. The fourth-order valence-corrected chi connectivity index (χ4v) is 5.52. The van der Waals surface area contributed by atoms with Crippen molar-refractivity contribution in [1.29, 1.82) is 0 Å². The minimum atomic E-state index is -3.98. The van der Waals surface area contributed by atoms with Crippen LogP contribution in [-0.2, 0) is 16.6 Å². The van der Waals surface area contributed by atoms with Gasteiger partial charge >= 0.3 is 0 Å². The SMILES string of the molecule is COc1ncc(Cl)cc1S(=O)(=O)Nc1cncc(-c2ccc(CN3CCN(C(C)C)CC3)cc2)c1. The highest BCUT2D eigenvalue weighted by Crippen LogP contribution is 2.28. The Labute approximate surface area is 212 Å². The van der Waals surface area contributed by atoms with Gasteiger partial charge in [0.1, 0.15) is 0 Å². The number of benzene rings is 1. The molecule has 1 aromatic carbocycles. The van der Waals surface area contributed by atoms with E-state index in [4.69, 9.17) is 16.3 Å². The summed E-state index contributed by atoms with van der Waals surface area (Å²) >= 11 is 5.95. The van der Waals surface area contributed by atoms with E-state index in [1.54, 1.807) is 12.3 Å². The third-order valence-corrected chi connectivity index (χ3v) is 7.67. The van der Waals surface area contributed by atoms with Crippen molar-refractivity contribution >= 4 is 27.3 Å². The fourth-order valence-electron chi connectivity index (χ4n) is 4.12. The third-order valence-electron chi connectivity index (χ3n) is 6.09. The third kappa shape index (κ3) is 6.29. The van der Waals surface area contributed by atoms with E-state index < -0.39 is 10.0 Å². The Kier molecular flexibility index (Phi) is 7.91. The van der Waals surface area contributed by atoms with Crippen molar-refractivity contribution in [3.8, 4) is 17.0 Å². The number of hydrogen-bond acceptors (Lipinski definition) is 7. The molecule has 35 heavy (non-hydrogen) atoms. The molecule has 0 spiro atoms. The first-order valence-electron chi connectivity index (χ1n) is 11.5. The van der Waals surface area contributed by atoms with Gasteiger partial charge in [-0.3, -0.25) is 19.5 Å². The zero-order chi connectivity index (χ0) is 25.0. The van der Waals surface area contributed by atoms with Crippen molar-refractivity contribution < 1.29 is 13.2 Å². The molecule has 0 amide bonds. The van der Waals surface area contributed by atoms with Crippen LogP contribution in [0.15, 0.2) is 59.9 Å². The highest BCUT2D eigenvalue weighted by atomic mass is 35.5. The molecule has 0 unspecified atom stereocenters. The monoisotopic (exact) mass is 515 g/mol. The molecule has 0 radical (unpaired) electrons. The van der Waals surface area contributed by atoms with Crippen molar-refractivity contribution in [2.45, 2.75) is 31.3 Å². The molecule has 1 aliphatic rings. The molecule has 2 aromatic heterocycles. The van der Waals surface area contributed by atoms with Crippen LogP contribution in [-0.4, -0.2) is 67.5 Å². The Hall–Kier alpha value is -2.72. The molecular formula is C25H30ClN5O3S. The van der Waals surface area contributed by atoms with Crippen LogP contribution in [0.3, 0.4) is 0 Å². The molecule has 10 heteroatoms. The number of piperazine rings is 1. The first kappa shape index (κ1) is 25.4. The van der Waals surface area contributed by atoms with Gasteiger partial charge in [-0.2, -0.15) is 0 Å². The van der Waals surface area contributed by atoms with E-state index in [9.17, 15) is 8.42 Å². The van der Waals surface area contributed by atoms with Crippen LogP contribution >= 0.6 is 11.6 Å². The summed E-state index contributed by atoms with van der Waals surface area (Å²) in [4.78, 5) is 13.0. The highest BCUT2D eigenvalue weighted by molar-refractivity contribution is 7.92. The van der Waals surface area contributed by atoms with E-state index in [2.05, 4.69) is 50.5 Å². The molecule has 0 bridgehead atoms. The van der Waals surface area contributed by atoms with E-state index >= 15 is 0 Å². The molecule has 3 aromatic rings. The highest BCUT2D eigenvalue weighted by Gasteiger charge is 2.22. The van der Waals surface area contributed by atoms with Gasteiger partial charge in [0.15, 0.2) is 4.90 Å². The summed E-state index contributed by atoms with van der Waals surface area (Å²) < 4.78 is 33.5. The molecule has 1 fully saturated rings. The van der Waals surface area contributed by atoms with E-state index in [0.29, 0.717) is 11.7 Å². The lowest BCUT2D eigenvalue weighted by Crippen LogP contribution is -2.48. The predicted octanol–water partition coefficient (Wildman–Crippen LogP) is 4.13. The van der Waals surface area contributed by atoms with Crippen molar-refractivity contribution in [2.24, 2.45) is 0 Å². The van der Waals surface area contributed by atoms with Crippen LogP contribution in [0, 0.1) is 0 Å². The van der Waals surface area contributed by atoms with Crippen LogP contribution in [0.4, 0.5) is 5.69 Å². The maximum absolute atomic E-state index is 12.9. The average Bonchev–Trinajstić information content (AvgIpc) is 2.85. The number of nitrogens with one attached hydrogen (secondary N) is 1. The molecular weight excluding hydrogens is 486 g/mol. The van der Waals surface area contributed by atoms with Crippen molar-refractivity contribution in [3.05, 3.63) is 65.6 Å². The van der Waals surface area contributed by atoms with Gasteiger partial charge in [-0.1, -0.05) is 35.9 Å². The number of halogens is 1. The molecule has 1 saturated heterocycles. The van der Waals surface area contributed by atoms with Gasteiger partial charge in [-0.25, -0.2) is 13.4 Å². The Morgan fingerprint density at radius 2 is 1.74 bits per heavy atom. The number of aromatic nitrogens is 2. The van der Waals surface area contributed by atoms with E-state index in [0.717, 1.165) is 43.9 Å². The second-order valence-corrected chi connectivity index (χ2v) is 10.9. The van der Waals surface area contributed by atoms with E-state index in [1.807, 2.05) is 12.1 Å². The van der Waals surface area contributed by atoms with Crippen LogP contribution in [0.5, 0.6) is 5.88 Å². The van der Waals surface area contributed by atoms with E-state index in [-0.39, 0.29) is 15.8 Å². The molecule has 186 valence electrons. The molecule has 8 nitrogen and oxygen atoms in total. The second-order valence-electron chi connectivity index (χ2n) is 8.83. The summed E-state index contributed by atoms with van der Waals surface area (Å²) in [5.74, 6) is -0.0350. The number of nitrogens with zero attached hydrogens (tertiary/aromatic N) is 4. The van der Waals surface area contributed by atoms with Crippen molar-refractivity contribution in [3.63, 3.8) is 0 Å². The molecule has 1 aliphatic heterocycles. The number of anilines is 1. The zero-order valence-electron chi connectivity index (χ0n) is 20.1. The molecule has 0 atom stereocenters. The molecule has 0 saturated carbocycles. The number of hydrogen-bond donors (Lipinski definition) is 1. The first-order valence-corrected chi connectivity index (χ1v) is 13.3. The summed E-state index contributed by atoms with van der Waals surface area (Å²) in [7, 11) is -2.63. The largest absolute Gasteiger partial charge is 0.480 e. The van der Waals surface area contributed by atoms with Gasteiger partial charge < -0.3 is 4.74 Å². The standard InChI is InChI=1S/C25H30ClN5O3S/c1-18(2)31-10-8-30(9-11-31)17-19-4-6-20(7-5-19)21-12-23(16-27-14-21)29-35(32,33)24-13-22(26)15-28-25(24)34-3/h4-7,12-16,18,29H,8-11,17H2,1-3H3. The van der Waals surface area contributed by atoms with Gasteiger partial charge in [0.25, 0.3) is 10.0 Å². The minimum Gasteiger partial charge on any atom is -0.480 e. The van der Waals surface area contributed by atoms with Crippen molar-refractivity contribution in [2.75, 3.05) is 38.0 Å². The lowest BCUT2D eigenvalue weighted by molar-refractivity contribution is 0.104. The van der Waals surface area contributed by atoms with Gasteiger partial charge in [-0.05, 0) is 37.1 Å². The van der Waals surface area contributed by atoms with Crippen molar-refractivity contribution in [1.82, 2.24) is 19.8 Å². The predicted molar refractivity (Wildman–Crippen MR) is 138 cm³/mol. The Morgan fingerprint density at radius 1 is 1.03 bits per heavy atom. The van der Waals surface area contributed by atoms with E-state index in [1.165, 1.54) is 31.1 Å². The molecule has 1 N–H and O–H groups in total. The Balaban J connectivity index is 1.45. The smallest absolute Gasteiger partial charge is 0.267 e.